The normalized spacial score (nSPS) is 14.7. The Kier molecular flexibility index (Phi) is 8.18. The number of carbonyl (C=O) groups excluding carboxylic acids is 2. The number of carbonyl (C=O) groups is 2. The Labute approximate surface area is 221 Å². The van der Waals surface area contributed by atoms with Gasteiger partial charge >= 0.3 is 0 Å². The van der Waals surface area contributed by atoms with Crippen LogP contribution in [-0.4, -0.2) is 22.7 Å². The zero-order valence-corrected chi connectivity index (χ0v) is 22.0. The number of rotatable bonds is 8. The maximum Gasteiger partial charge on any atom is 0.293 e. The smallest absolute Gasteiger partial charge is 0.293 e. The van der Waals surface area contributed by atoms with E-state index >= 15 is 0 Å². The molecular weight excluding hydrogens is 585 g/mol. The summed E-state index contributed by atoms with van der Waals surface area (Å²) in [5.41, 5.74) is 2.53. The Balaban J connectivity index is 1.56. The van der Waals surface area contributed by atoms with E-state index in [1.54, 1.807) is 6.08 Å². The molecule has 1 fully saturated rings. The molecule has 3 aromatic carbocycles. The van der Waals surface area contributed by atoms with Gasteiger partial charge in [-0.25, -0.2) is 0 Å². The van der Waals surface area contributed by atoms with E-state index in [2.05, 4.69) is 22.6 Å². The van der Waals surface area contributed by atoms with Crippen LogP contribution in [-0.2, 0) is 17.9 Å². The first-order valence-corrected chi connectivity index (χ1v) is 12.9. The lowest BCUT2D eigenvalue weighted by Gasteiger charge is -2.15. The molecule has 0 aromatic heterocycles. The molecule has 1 saturated heterocycles. The lowest BCUT2D eigenvalue weighted by molar-refractivity contribution is -0.123. The van der Waals surface area contributed by atoms with Gasteiger partial charge in [-0.15, -0.1) is 0 Å². The average molecular weight is 606 g/mol. The largest absolute Gasteiger partial charge is 0.490 e. The highest BCUT2D eigenvalue weighted by Crippen LogP contribution is 2.38. The van der Waals surface area contributed by atoms with Crippen LogP contribution in [0.3, 0.4) is 0 Å². The first-order chi connectivity index (χ1) is 16.5. The first kappa shape index (κ1) is 24.6. The molecule has 4 rings (SSSR count). The zero-order chi connectivity index (χ0) is 24.1. The Morgan fingerprint density at radius 3 is 2.50 bits per heavy atom. The summed E-state index contributed by atoms with van der Waals surface area (Å²) in [6.07, 6.45) is 1.72. The summed E-state index contributed by atoms with van der Waals surface area (Å²) in [7, 11) is 0. The molecule has 1 aliphatic rings. The van der Waals surface area contributed by atoms with Gasteiger partial charge in [0, 0.05) is 10.6 Å². The van der Waals surface area contributed by atoms with Crippen LogP contribution >= 0.6 is 46.0 Å². The summed E-state index contributed by atoms with van der Waals surface area (Å²) in [6.45, 7) is 2.90. The molecule has 174 valence electrons. The van der Waals surface area contributed by atoms with Gasteiger partial charge < -0.3 is 9.47 Å². The molecule has 0 spiro atoms. The van der Waals surface area contributed by atoms with Crippen molar-refractivity contribution in [2.24, 2.45) is 0 Å². The highest BCUT2D eigenvalue weighted by Gasteiger charge is 2.35. The quantitative estimate of drug-likeness (QED) is 0.202. The standard InChI is InChI=1S/C26H21ClINO4S/c1-2-32-22-13-18(12-21(28)24(22)33-16-19-10-6-7-11-20(19)27)14-23-25(30)29(26(31)34-23)15-17-8-4-3-5-9-17/h3-14H,2,15-16H2,1H3/b23-14-. The van der Waals surface area contributed by atoms with E-state index in [4.69, 9.17) is 21.1 Å². The summed E-state index contributed by atoms with van der Waals surface area (Å²) in [4.78, 5) is 27.1. The maximum absolute atomic E-state index is 12.9. The summed E-state index contributed by atoms with van der Waals surface area (Å²) < 4.78 is 12.7. The van der Waals surface area contributed by atoms with Gasteiger partial charge in [0.05, 0.1) is 21.6 Å². The number of nitrogens with zero attached hydrogens (tertiary/aromatic N) is 1. The van der Waals surface area contributed by atoms with Gasteiger partial charge in [-0.3, -0.25) is 14.5 Å². The summed E-state index contributed by atoms with van der Waals surface area (Å²) in [6, 6.07) is 20.7. The second kappa shape index (κ2) is 11.3. The lowest BCUT2D eigenvalue weighted by Crippen LogP contribution is -2.27. The fourth-order valence-electron chi connectivity index (χ4n) is 3.39. The van der Waals surface area contributed by atoms with E-state index in [-0.39, 0.29) is 17.7 Å². The van der Waals surface area contributed by atoms with Crippen molar-refractivity contribution in [3.63, 3.8) is 0 Å². The topological polar surface area (TPSA) is 55.8 Å². The predicted molar refractivity (Wildman–Crippen MR) is 144 cm³/mol. The number of hydrogen-bond donors (Lipinski definition) is 0. The third-order valence-electron chi connectivity index (χ3n) is 5.02. The van der Waals surface area contributed by atoms with Crippen molar-refractivity contribution in [1.29, 1.82) is 0 Å². The van der Waals surface area contributed by atoms with E-state index in [1.807, 2.05) is 73.7 Å². The molecule has 0 atom stereocenters. The Morgan fingerprint density at radius 1 is 1.03 bits per heavy atom. The van der Waals surface area contributed by atoms with Gasteiger partial charge in [-0.2, -0.15) is 0 Å². The van der Waals surface area contributed by atoms with Gasteiger partial charge in [0.1, 0.15) is 6.61 Å². The second-order valence-electron chi connectivity index (χ2n) is 7.40. The van der Waals surface area contributed by atoms with E-state index in [0.29, 0.717) is 34.6 Å². The Bertz CT molecular complexity index is 1250. The minimum atomic E-state index is -0.300. The first-order valence-electron chi connectivity index (χ1n) is 10.6. The van der Waals surface area contributed by atoms with Crippen molar-refractivity contribution in [3.8, 4) is 11.5 Å². The third-order valence-corrected chi connectivity index (χ3v) is 7.09. The van der Waals surface area contributed by atoms with Crippen LogP contribution in [0.4, 0.5) is 4.79 Å². The zero-order valence-electron chi connectivity index (χ0n) is 18.3. The molecule has 0 radical (unpaired) electrons. The summed E-state index contributed by atoms with van der Waals surface area (Å²) in [5, 5.41) is 0.359. The Hall–Kier alpha value is -2.49. The molecular formula is C26H21ClINO4S. The SMILES string of the molecule is CCOc1cc(/C=C2\SC(=O)N(Cc3ccccc3)C2=O)cc(I)c1OCc1ccccc1Cl. The number of amides is 2. The van der Waals surface area contributed by atoms with Crippen LogP contribution < -0.4 is 9.47 Å². The van der Waals surface area contributed by atoms with Crippen molar-refractivity contribution in [1.82, 2.24) is 4.90 Å². The Morgan fingerprint density at radius 2 is 1.76 bits per heavy atom. The molecule has 1 heterocycles. The average Bonchev–Trinajstić information content (AvgIpc) is 3.08. The molecule has 8 heteroatoms. The van der Waals surface area contributed by atoms with Crippen molar-refractivity contribution in [2.45, 2.75) is 20.1 Å². The molecule has 0 unspecified atom stereocenters. The fraction of sp³-hybridized carbons (Fsp3) is 0.154. The molecule has 5 nitrogen and oxygen atoms in total. The van der Waals surface area contributed by atoms with Crippen molar-refractivity contribution in [3.05, 3.63) is 96.9 Å². The minimum Gasteiger partial charge on any atom is -0.490 e. The molecule has 1 aliphatic heterocycles. The lowest BCUT2D eigenvalue weighted by atomic mass is 10.1. The third kappa shape index (κ3) is 5.76. The number of thioether (sulfide) groups is 1. The molecule has 2 amide bonds. The van der Waals surface area contributed by atoms with E-state index in [1.165, 1.54) is 4.90 Å². The van der Waals surface area contributed by atoms with Gasteiger partial charge in [-0.05, 0) is 76.7 Å². The van der Waals surface area contributed by atoms with Crippen LogP contribution in [0.15, 0.2) is 71.6 Å². The minimum absolute atomic E-state index is 0.249. The molecule has 0 N–H and O–H groups in total. The van der Waals surface area contributed by atoms with Crippen molar-refractivity contribution in [2.75, 3.05) is 6.61 Å². The van der Waals surface area contributed by atoms with Crippen molar-refractivity contribution >= 4 is 63.2 Å². The van der Waals surface area contributed by atoms with Crippen LogP contribution in [0.1, 0.15) is 23.6 Å². The number of hydrogen-bond acceptors (Lipinski definition) is 5. The highest BCUT2D eigenvalue weighted by molar-refractivity contribution is 14.1. The highest BCUT2D eigenvalue weighted by atomic mass is 127. The van der Waals surface area contributed by atoms with Crippen LogP contribution in [0.5, 0.6) is 11.5 Å². The van der Waals surface area contributed by atoms with Gasteiger partial charge in [0.15, 0.2) is 11.5 Å². The number of benzene rings is 3. The molecule has 34 heavy (non-hydrogen) atoms. The fourth-order valence-corrected chi connectivity index (χ4v) is 5.20. The summed E-state index contributed by atoms with van der Waals surface area (Å²) >= 11 is 9.38. The van der Waals surface area contributed by atoms with Gasteiger partial charge in [0.2, 0.25) is 0 Å². The molecule has 3 aromatic rings. The van der Waals surface area contributed by atoms with Gasteiger partial charge in [-0.1, -0.05) is 60.1 Å². The number of halogens is 2. The van der Waals surface area contributed by atoms with E-state index < -0.39 is 0 Å². The predicted octanol–water partition coefficient (Wildman–Crippen LogP) is 7.16. The van der Waals surface area contributed by atoms with E-state index in [0.717, 1.165) is 32.0 Å². The molecule has 0 bridgehead atoms. The summed E-state index contributed by atoms with van der Waals surface area (Å²) in [5.74, 6) is 0.874. The van der Waals surface area contributed by atoms with E-state index in [9.17, 15) is 9.59 Å². The second-order valence-corrected chi connectivity index (χ2v) is 9.96. The van der Waals surface area contributed by atoms with Crippen LogP contribution in [0.25, 0.3) is 6.08 Å². The monoisotopic (exact) mass is 605 g/mol. The maximum atomic E-state index is 12.9. The van der Waals surface area contributed by atoms with Crippen LogP contribution in [0, 0.1) is 3.57 Å². The molecule has 0 saturated carbocycles. The van der Waals surface area contributed by atoms with Gasteiger partial charge in [0.25, 0.3) is 11.1 Å². The van der Waals surface area contributed by atoms with Crippen molar-refractivity contribution < 1.29 is 19.1 Å². The number of imide groups is 1. The number of ether oxygens (including phenoxy) is 2. The van der Waals surface area contributed by atoms with Crippen LogP contribution in [0.2, 0.25) is 5.02 Å². The molecule has 0 aliphatic carbocycles.